The molecule has 0 aromatic heterocycles. The summed E-state index contributed by atoms with van der Waals surface area (Å²) >= 11 is 3.72. The van der Waals surface area contributed by atoms with E-state index in [0.717, 1.165) is 58.7 Å². The van der Waals surface area contributed by atoms with Gasteiger partial charge in [0.25, 0.3) is 0 Å². The number of nitrogens with zero attached hydrogens (tertiary/aromatic N) is 1. The van der Waals surface area contributed by atoms with Crippen LogP contribution < -0.4 is 19.7 Å². The van der Waals surface area contributed by atoms with Gasteiger partial charge >= 0.3 is 6.09 Å². The van der Waals surface area contributed by atoms with Gasteiger partial charge in [-0.3, -0.25) is 0 Å². The van der Waals surface area contributed by atoms with E-state index in [4.69, 9.17) is 14.2 Å². The fourth-order valence-electron chi connectivity index (χ4n) is 4.18. The van der Waals surface area contributed by atoms with Crippen LogP contribution in [0.15, 0.2) is 77.3 Å². The van der Waals surface area contributed by atoms with Crippen molar-refractivity contribution < 1.29 is 19.0 Å². The molecule has 1 amide bonds. The van der Waals surface area contributed by atoms with Crippen molar-refractivity contribution in [2.45, 2.75) is 58.5 Å². The maximum Gasteiger partial charge on any atom is 0.407 e. The molecule has 1 N–H and O–H groups in total. The number of hydrogen-bond acceptors (Lipinski definition) is 5. The van der Waals surface area contributed by atoms with Gasteiger partial charge in [-0.05, 0) is 60.7 Å². The first-order valence-corrected chi connectivity index (χ1v) is 13.5. The summed E-state index contributed by atoms with van der Waals surface area (Å²) < 4.78 is 18.7. The van der Waals surface area contributed by atoms with Crippen molar-refractivity contribution in [3.8, 4) is 11.5 Å². The number of piperidine rings is 1. The molecule has 0 spiro atoms. The SMILES string of the molecule is CC(C)(C)OC(=O)NC1CCN(c2cc(OCc3ccccc3)c(Br)c(OCc3ccccc3)c2)CC1. The van der Waals surface area contributed by atoms with Crippen LogP contribution in [0.5, 0.6) is 11.5 Å². The molecule has 6 nitrogen and oxygen atoms in total. The topological polar surface area (TPSA) is 60.0 Å². The van der Waals surface area contributed by atoms with Crippen LogP contribution in [0.4, 0.5) is 10.5 Å². The summed E-state index contributed by atoms with van der Waals surface area (Å²) in [5, 5.41) is 3.01. The number of amides is 1. The monoisotopic (exact) mass is 566 g/mol. The first-order valence-electron chi connectivity index (χ1n) is 12.7. The lowest BCUT2D eigenvalue weighted by Crippen LogP contribution is -2.46. The molecular weight excluding hydrogens is 532 g/mol. The maximum atomic E-state index is 12.2. The highest BCUT2D eigenvalue weighted by molar-refractivity contribution is 9.10. The molecule has 0 bridgehead atoms. The lowest BCUT2D eigenvalue weighted by molar-refractivity contribution is 0.0497. The summed E-state index contributed by atoms with van der Waals surface area (Å²) in [5.74, 6) is 1.47. The van der Waals surface area contributed by atoms with E-state index in [0.29, 0.717) is 13.2 Å². The van der Waals surface area contributed by atoms with Crippen LogP contribution in [0, 0.1) is 0 Å². The molecule has 1 aliphatic rings. The molecule has 0 atom stereocenters. The molecule has 3 aromatic carbocycles. The average molecular weight is 568 g/mol. The van der Waals surface area contributed by atoms with Crippen LogP contribution in [0.3, 0.4) is 0 Å². The molecule has 1 heterocycles. The van der Waals surface area contributed by atoms with Crippen LogP contribution in [-0.2, 0) is 18.0 Å². The summed E-state index contributed by atoms with van der Waals surface area (Å²) in [6, 6.07) is 24.4. The van der Waals surface area contributed by atoms with Gasteiger partial charge < -0.3 is 24.4 Å². The Hall–Kier alpha value is -3.19. The fourth-order valence-corrected chi connectivity index (χ4v) is 4.64. The molecule has 1 fully saturated rings. The normalized spacial score (nSPS) is 14.2. The molecule has 196 valence electrons. The highest BCUT2D eigenvalue weighted by Crippen LogP contribution is 2.40. The zero-order valence-electron chi connectivity index (χ0n) is 21.7. The van der Waals surface area contributed by atoms with E-state index >= 15 is 0 Å². The first-order chi connectivity index (χ1) is 17.8. The molecule has 3 aromatic rings. The molecule has 7 heteroatoms. The lowest BCUT2D eigenvalue weighted by Gasteiger charge is -2.34. The van der Waals surface area contributed by atoms with E-state index in [1.165, 1.54) is 0 Å². The van der Waals surface area contributed by atoms with Gasteiger partial charge in [-0.15, -0.1) is 0 Å². The van der Waals surface area contributed by atoms with Gasteiger partial charge in [0.15, 0.2) is 0 Å². The average Bonchev–Trinajstić information content (AvgIpc) is 2.88. The van der Waals surface area contributed by atoms with E-state index in [-0.39, 0.29) is 12.1 Å². The minimum atomic E-state index is -0.505. The summed E-state index contributed by atoms with van der Waals surface area (Å²) in [6.45, 7) is 8.15. The highest BCUT2D eigenvalue weighted by Gasteiger charge is 2.25. The number of nitrogens with one attached hydrogen (secondary N) is 1. The first kappa shape index (κ1) is 26.9. The van der Waals surface area contributed by atoms with Crippen molar-refractivity contribution >= 4 is 27.7 Å². The lowest BCUT2D eigenvalue weighted by atomic mass is 10.0. The van der Waals surface area contributed by atoms with Crippen LogP contribution in [-0.4, -0.2) is 30.8 Å². The fraction of sp³-hybridized carbons (Fsp3) is 0.367. The van der Waals surface area contributed by atoms with Crippen molar-refractivity contribution in [2.24, 2.45) is 0 Å². The molecule has 4 rings (SSSR count). The van der Waals surface area contributed by atoms with E-state index in [1.807, 2.05) is 81.4 Å². The van der Waals surface area contributed by atoms with Gasteiger partial charge in [0.2, 0.25) is 0 Å². The molecule has 0 radical (unpaired) electrons. The second-order valence-electron chi connectivity index (χ2n) is 10.2. The largest absolute Gasteiger partial charge is 0.487 e. The van der Waals surface area contributed by atoms with Gasteiger partial charge in [0.1, 0.15) is 34.8 Å². The third-order valence-corrected chi connectivity index (χ3v) is 6.83. The Morgan fingerprint density at radius 2 is 1.38 bits per heavy atom. The van der Waals surface area contributed by atoms with Gasteiger partial charge in [-0.1, -0.05) is 60.7 Å². The second-order valence-corrected chi connectivity index (χ2v) is 11.0. The summed E-state index contributed by atoms with van der Waals surface area (Å²) in [6.07, 6.45) is 1.30. The molecular formula is C30H35BrN2O4. The number of rotatable bonds is 8. The van der Waals surface area contributed by atoms with E-state index in [1.54, 1.807) is 0 Å². The highest BCUT2D eigenvalue weighted by atomic mass is 79.9. The minimum Gasteiger partial charge on any atom is -0.487 e. The number of halogens is 1. The quantitative estimate of drug-likeness (QED) is 0.315. The minimum absolute atomic E-state index is 0.0872. The maximum absolute atomic E-state index is 12.2. The summed E-state index contributed by atoms with van der Waals surface area (Å²) in [4.78, 5) is 14.5. The molecule has 0 aliphatic carbocycles. The number of anilines is 1. The molecule has 1 aliphatic heterocycles. The zero-order chi connectivity index (χ0) is 26.3. The van der Waals surface area contributed by atoms with Crippen molar-refractivity contribution in [2.75, 3.05) is 18.0 Å². The van der Waals surface area contributed by atoms with Gasteiger partial charge in [-0.25, -0.2) is 4.79 Å². The predicted molar refractivity (Wildman–Crippen MR) is 150 cm³/mol. The molecule has 0 saturated carbocycles. The number of ether oxygens (including phenoxy) is 3. The Kier molecular flexibility index (Phi) is 8.98. The van der Waals surface area contributed by atoms with Crippen molar-refractivity contribution in [1.82, 2.24) is 5.32 Å². The van der Waals surface area contributed by atoms with E-state index < -0.39 is 5.60 Å². The summed E-state index contributed by atoms with van der Waals surface area (Å²) in [7, 11) is 0. The van der Waals surface area contributed by atoms with E-state index in [9.17, 15) is 4.79 Å². The Bertz CT molecular complexity index is 1090. The van der Waals surface area contributed by atoms with Crippen LogP contribution in [0.25, 0.3) is 0 Å². The number of alkyl carbamates (subject to hydrolysis) is 1. The van der Waals surface area contributed by atoms with Crippen molar-refractivity contribution in [3.63, 3.8) is 0 Å². The van der Waals surface area contributed by atoms with Crippen LogP contribution in [0.1, 0.15) is 44.7 Å². The van der Waals surface area contributed by atoms with Crippen molar-refractivity contribution in [3.05, 3.63) is 88.4 Å². The standard InChI is InChI=1S/C30H35BrN2O4/c1-30(2,3)37-29(34)32-24-14-16-33(17-15-24)25-18-26(35-20-22-10-6-4-7-11-22)28(31)27(19-25)36-21-23-12-8-5-9-13-23/h4-13,18-19,24H,14-17,20-21H2,1-3H3,(H,32,34). The van der Waals surface area contributed by atoms with Crippen LogP contribution in [0.2, 0.25) is 0 Å². The van der Waals surface area contributed by atoms with Gasteiger partial charge in [0.05, 0.1) is 0 Å². The Balaban J connectivity index is 1.47. The number of carbonyl (C=O) groups excluding carboxylic acids is 1. The van der Waals surface area contributed by atoms with Crippen molar-refractivity contribution in [1.29, 1.82) is 0 Å². The molecule has 37 heavy (non-hydrogen) atoms. The van der Waals surface area contributed by atoms with Crippen LogP contribution >= 0.6 is 15.9 Å². The zero-order valence-corrected chi connectivity index (χ0v) is 23.3. The predicted octanol–water partition coefficient (Wildman–Crippen LogP) is 7.10. The number of hydrogen-bond donors (Lipinski definition) is 1. The third-order valence-electron chi connectivity index (χ3n) is 6.05. The Morgan fingerprint density at radius 1 is 0.892 bits per heavy atom. The smallest absolute Gasteiger partial charge is 0.407 e. The Morgan fingerprint density at radius 3 is 1.84 bits per heavy atom. The molecule has 1 saturated heterocycles. The number of carbonyl (C=O) groups is 1. The number of benzene rings is 3. The summed E-state index contributed by atoms with van der Waals surface area (Å²) in [5.41, 5.74) is 2.72. The van der Waals surface area contributed by atoms with Gasteiger partial charge in [-0.2, -0.15) is 0 Å². The third kappa shape index (κ3) is 8.15. The molecule has 0 unspecified atom stereocenters. The second kappa shape index (κ2) is 12.4. The van der Waals surface area contributed by atoms with E-state index in [2.05, 4.69) is 38.3 Å². The van der Waals surface area contributed by atoms with Gasteiger partial charge in [0, 0.05) is 37.0 Å². The Labute approximate surface area is 228 Å².